The second kappa shape index (κ2) is 9.82. The fourth-order valence-electron chi connectivity index (χ4n) is 3.71. The topological polar surface area (TPSA) is 124 Å². The summed E-state index contributed by atoms with van der Waals surface area (Å²) in [6.07, 6.45) is -3.97. The number of hydrogen-bond donors (Lipinski definition) is 1. The highest BCUT2D eigenvalue weighted by Crippen LogP contribution is 2.38. The molecule has 0 aliphatic carbocycles. The van der Waals surface area contributed by atoms with Gasteiger partial charge < -0.3 is 9.84 Å². The van der Waals surface area contributed by atoms with Crippen LogP contribution in [0.3, 0.4) is 0 Å². The molecular formula is C23H15ClF3N3O6S. The Morgan fingerprint density at radius 2 is 1.97 bits per heavy atom. The number of thiazole rings is 1. The number of phenols is 1. The van der Waals surface area contributed by atoms with Crippen LogP contribution < -0.4 is 14.9 Å². The van der Waals surface area contributed by atoms with Gasteiger partial charge in [-0.05, 0) is 36.8 Å². The zero-order chi connectivity index (χ0) is 27.1. The van der Waals surface area contributed by atoms with Crippen molar-refractivity contribution < 1.29 is 32.7 Å². The molecule has 0 unspecified atom stereocenters. The van der Waals surface area contributed by atoms with Gasteiger partial charge >= 0.3 is 12.1 Å². The fourth-order valence-corrected chi connectivity index (χ4v) is 4.83. The lowest BCUT2D eigenvalue weighted by Gasteiger charge is -2.26. The molecule has 1 atom stereocenters. The van der Waals surface area contributed by atoms with E-state index in [1.165, 1.54) is 31.2 Å². The Morgan fingerprint density at radius 3 is 2.57 bits per heavy atom. The molecule has 192 valence electrons. The van der Waals surface area contributed by atoms with Crippen molar-refractivity contribution in [3.05, 3.63) is 99.7 Å². The molecule has 1 N–H and O–H groups in total. The van der Waals surface area contributed by atoms with E-state index < -0.39 is 45.7 Å². The van der Waals surface area contributed by atoms with Gasteiger partial charge in [0.25, 0.3) is 11.2 Å². The standard InChI is InChI=1S/C23H15ClF3N3O6S/c1-2-36-21(33)17-18(11-3-5-13(24)6-4-11)29-20(32)16(37-22(29)28-19(17)23(25,26)27)10-12-9-14(30(34)35)7-8-15(12)31/h3-10,18,31H,2H2,1H3/b16-10-/t18-/m0/s1. The number of benzene rings is 2. The molecule has 14 heteroatoms. The Balaban J connectivity index is 2.05. The Bertz CT molecular complexity index is 1630. The van der Waals surface area contributed by atoms with Crippen molar-refractivity contribution in [3.8, 4) is 5.75 Å². The summed E-state index contributed by atoms with van der Waals surface area (Å²) in [5.74, 6) is -1.70. The van der Waals surface area contributed by atoms with E-state index in [0.29, 0.717) is 11.3 Å². The number of ether oxygens (including phenoxy) is 1. The predicted molar refractivity (Wildman–Crippen MR) is 127 cm³/mol. The maximum absolute atomic E-state index is 14.1. The highest BCUT2D eigenvalue weighted by molar-refractivity contribution is 7.07. The third-order valence-electron chi connectivity index (χ3n) is 5.29. The average Bonchev–Trinajstić information content (AvgIpc) is 3.14. The number of halogens is 4. The van der Waals surface area contributed by atoms with E-state index in [4.69, 9.17) is 16.3 Å². The first-order chi connectivity index (χ1) is 17.4. The summed E-state index contributed by atoms with van der Waals surface area (Å²) >= 11 is 6.49. The van der Waals surface area contributed by atoms with Gasteiger partial charge in [0.1, 0.15) is 5.75 Å². The number of hydrogen-bond acceptors (Lipinski definition) is 8. The number of nitro groups is 1. The van der Waals surface area contributed by atoms with Crippen molar-refractivity contribution in [1.82, 2.24) is 4.57 Å². The van der Waals surface area contributed by atoms with Gasteiger partial charge in [0.2, 0.25) is 0 Å². The minimum Gasteiger partial charge on any atom is -0.507 e. The van der Waals surface area contributed by atoms with Gasteiger partial charge in [0.15, 0.2) is 10.5 Å². The summed E-state index contributed by atoms with van der Waals surface area (Å²) in [7, 11) is 0. The third kappa shape index (κ3) is 5.00. The molecule has 1 aromatic heterocycles. The highest BCUT2D eigenvalue weighted by atomic mass is 35.5. The van der Waals surface area contributed by atoms with E-state index in [1.807, 2.05) is 0 Å². The minimum atomic E-state index is -5.07. The first-order valence-electron chi connectivity index (χ1n) is 10.5. The number of alkyl halides is 3. The molecule has 0 spiro atoms. The molecule has 4 rings (SSSR count). The molecular weight excluding hydrogens is 539 g/mol. The Kier molecular flexibility index (Phi) is 6.93. The zero-order valence-electron chi connectivity index (χ0n) is 18.7. The van der Waals surface area contributed by atoms with Crippen LogP contribution in [-0.4, -0.2) is 33.3 Å². The molecule has 3 aromatic rings. The summed E-state index contributed by atoms with van der Waals surface area (Å²) in [5, 5.41) is 21.5. The normalized spacial score (nSPS) is 15.8. The molecule has 0 radical (unpaired) electrons. The van der Waals surface area contributed by atoms with Gasteiger partial charge in [-0.2, -0.15) is 13.2 Å². The van der Waals surface area contributed by atoms with Crippen molar-refractivity contribution in [2.75, 3.05) is 6.61 Å². The van der Waals surface area contributed by atoms with Crippen LogP contribution in [0.1, 0.15) is 24.1 Å². The average molecular weight is 554 g/mol. The molecule has 1 aliphatic rings. The Hall–Kier alpha value is -3.97. The molecule has 0 saturated carbocycles. The van der Waals surface area contributed by atoms with Gasteiger partial charge in [0, 0.05) is 22.7 Å². The first kappa shape index (κ1) is 26.1. The van der Waals surface area contributed by atoms with Crippen LogP contribution in [0.4, 0.5) is 18.9 Å². The van der Waals surface area contributed by atoms with Gasteiger partial charge in [0.05, 0.1) is 27.7 Å². The lowest BCUT2D eigenvalue weighted by Crippen LogP contribution is -2.41. The fraction of sp³-hybridized carbons (Fsp3) is 0.174. The molecule has 1 aliphatic heterocycles. The van der Waals surface area contributed by atoms with Gasteiger partial charge in [-0.3, -0.25) is 19.5 Å². The summed E-state index contributed by atoms with van der Waals surface area (Å²) < 4.78 is 47.9. The van der Waals surface area contributed by atoms with Gasteiger partial charge in [-0.15, -0.1) is 0 Å². The summed E-state index contributed by atoms with van der Waals surface area (Å²) in [6.45, 7) is 1.20. The summed E-state index contributed by atoms with van der Waals surface area (Å²) in [5.41, 5.74) is -3.58. The third-order valence-corrected chi connectivity index (χ3v) is 6.52. The number of rotatable bonds is 5. The number of nitro benzene ring substituents is 1. The number of aromatic hydroxyl groups is 1. The number of non-ortho nitro benzene ring substituents is 1. The molecule has 0 saturated heterocycles. The van der Waals surface area contributed by atoms with Gasteiger partial charge in [-0.1, -0.05) is 35.1 Å². The summed E-state index contributed by atoms with van der Waals surface area (Å²) in [4.78, 5) is 39.9. The minimum absolute atomic E-state index is 0.108. The Morgan fingerprint density at radius 1 is 1.30 bits per heavy atom. The van der Waals surface area contributed by atoms with E-state index in [0.717, 1.165) is 28.8 Å². The first-order valence-corrected chi connectivity index (χ1v) is 11.6. The lowest BCUT2D eigenvalue weighted by atomic mass is 9.95. The van der Waals surface area contributed by atoms with Crippen molar-refractivity contribution in [3.63, 3.8) is 0 Å². The summed E-state index contributed by atoms with van der Waals surface area (Å²) in [6, 6.07) is 7.08. The number of phenolic OH excluding ortho intramolecular Hbond substituents is 1. The van der Waals surface area contributed by atoms with Crippen molar-refractivity contribution in [2.24, 2.45) is 4.99 Å². The van der Waals surface area contributed by atoms with Crippen LogP contribution in [0, 0.1) is 10.1 Å². The van der Waals surface area contributed by atoms with Crippen LogP contribution >= 0.6 is 22.9 Å². The second-order valence-corrected chi connectivity index (χ2v) is 9.06. The zero-order valence-corrected chi connectivity index (χ0v) is 20.2. The quantitative estimate of drug-likeness (QED) is 0.292. The molecule has 37 heavy (non-hydrogen) atoms. The largest absolute Gasteiger partial charge is 0.507 e. The molecule has 2 heterocycles. The molecule has 9 nitrogen and oxygen atoms in total. The van der Waals surface area contributed by atoms with E-state index in [-0.39, 0.29) is 37.8 Å². The SMILES string of the molecule is CCOC(=O)C1=C(C(F)(F)F)N=c2s/c(=C\c3cc([N+](=O)[O-])ccc3O)c(=O)n2[C@H]1c1ccc(Cl)cc1. The maximum atomic E-state index is 14.1. The number of carbonyl (C=O) groups is 1. The maximum Gasteiger partial charge on any atom is 0.434 e. The number of allylic oxidation sites excluding steroid dienone is 1. The van der Waals surface area contributed by atoms with E-state index >= 15 is 0 Å². The number of esters is 1. The number of fused-ring (bicyclic) bond motifs is 1. The molecule has 0 amide bonds. The van der Waals surface area contributed by atoms with Crippen molar-refractivity contribution >= 4 is 40.7 Å². The van der Waals surface area contributed by atoms with Crippen molar-refractivity contribution in [2.45, 2.75) is 19.1 Å². The van der Waals surface area contributed by atoms with Crippen LogP contribution in [0.25, 0.3) is 6.08 Å². The monoisotopic (exact) mass is 553 g/mol. The van der Waals surface area contributed by atoms with E-state index in [1.54, 1.807) is 0 Å². The van der Waals surface area contributed by atoms with Crippen LogP contribution in [-0.2, 0) is 9.53 Å². The number of nitrogens with zero attached hydrogens (tertiary/aromatic N) is 3. The molecule has 2 aromatic carbocycles. The second-order valence-electron chi connectivity index (χ2n) is 7.62. The van der Waals surface area contributed by atoms with E-state index in [2.05, 4.69) is 4.99 Å². The van der Waals surface area contributed by atoms with Crippen LogP contribution in [0.2, 0.25) is 5.02 Å². The Labute approximate surface area is 214 Å². The van der Waals surface area contributed by atoms with Gasteiger partial charge in [-0.25, -0.2) is 9.79 Å². The smallest absolute Gasteiger partial charge is 0.434 e. The molecule has 0 fully saturated rings. The van der Waals surface area contributed by atoms with Crippen LogP contribution in [0.15, 0.2) is 63.5 Å². The number of aromatic nitrogens is 1. The number of carbonyl (C=O) groups excluding carboxylic acids is 1. The lowest BCUT2D eigenvalue weighted by molar-refractivity contribution is -0.384. The molecule has 0 bridgehead atoms. The van der Waals surface area contributed by atoms with Crippen molar-refractivity contribution in [1.29, 1.82) is 0 Å². The van der Waals surface area contributed by atoms with E-state index in [9.17, 15) is 38.0 Å². The highest BCUT2D eigenvalue weighted by Gasteiger charge is 2.45. The predicted octanol–water partition coefficient (Wildman–Crippen LogP) is 3.61. The van der Waals surface area contributed by atoms with Crippen LogP contribution in [0.5, 0.6) is 5.75 Å².